The maximum Gasteiger partial charge on any atom is 0.338 e. The Balaban J connectivity index is 1.91. The predicted molar refractivity (Wildman–Crippen MR) is 70.8 cm³/mol. The second-order valence-corrected chi connectivity index (χ2v) is 4.62. The molecule has 1 atom stereocenters. The van der Waals surface area contributed by atoms with E-state index in [-0.39, 0.29) is 12.6 Å². The van der Waals surface area contributed by atoms with Crippen molar-refractivity contribution in [3.8, 4) is 6.07 Å². The standard InChI is InChI=1S/C14H15N3O3/c15-8-10-3-5-11(6-4-10)13(18)20-9-12-2-1-7-17(12)14(16)19/h3-6,12H,1-2,7,9H2,(H2,16,19). The first-order valence-corrected chi connectivity index (χ1v) is 6.35. The van der Waals surface area contributed by atoms with Gasteiger partial charge >= 0.3 is 12.0 Å². The first-order valence-electron chi connectivity index (χ1n) is 6.35. The Morgan fingerprint density at radius 3 is 2.70 bits per heavy atom. The van der Waals surface area contributed by atoms with Gasteiger partial charge in [-0.1, -0.05) is 0 Å². The summed E-state index contributed by atoms with van der Waals surface area (Å²) in [7, 11) is 0. The smallest absolute Gasteiger partial charge is 0.338 e. The Bertz CT molecular complexity index is 548. The second kappa shape index (κ2) is 6.06. The molecule has 1 saturated heterocycles. The summed E-state index contributed by atoms with van der Waals surface area (Å²) in [6.07, 6.45) is 1.64. The third kappa shape index (κ3) is 3.06. The Morgan fingerprint density at radius 1 is 1.40 bits per heavy atom. The van der Waals surface area contributed by atoms with E-state index in [4.69, 9.17) is 15.7 Å². The van der Waals surface area contributed by atoms with Crippen LogP contribution in [0.1, 0.15) is 28.8 Å². The van der Waals surface area contributed by atoms with Gasteiger partial charge in [0.1, 0.15) is 6.61 Å². The number of rotatable bonds is 3. The number of nitriles is 1. The second-order valence-electron chi connectivity index (χ2n) is 4.62. The highest BCUT2D eigenvalue weighted by Crippen LogP contribution is 2.17. The Hall–Kier alpha value is -2.55. The van der Waals surface area contributed by atoms with E-state index >= 15 is 0 Å². The largest absolute Gasteiger partial charge is 0.460 e. The number of hydrogen-bond donors (Lipinski definition) is 1. The lowest BCUT2D eigenvalue weighted by Crippen LogP contribution is -2.41. The summed E-state index contributed by atoms with van der Waals surface area (Å²) in [6.45, 7) is 0.746. The van der Waals surface area contributed by atoms with E-state index in [2.05, 4.69) is 0 Å². The van der Waals surface area contributed by atoms with E-state index < -0.39 is 12.0 Å². The summed E-state index contributed by atoms with van der Waals surface area (Å²) in [5.41, 5.74) is 6.12. The molecule has 1 heterocycles. The Kier molecular flexibility index (Phi) is 4.20. The van der Waals surface area contributed by atoms with Crippen LogP contribution < -0.4 is 5.73 Å². The number of carbonyl (C=O) groups excluding carboxylic acids is 2. The number of nitrogens with zero attached hydrogens (tertiary/aromatic N) is 2. The number of likely N-dealkylation sites (tertiary alicyclic amines) is 1. The maximum atomic E-state index is 11.8. The van der Waals surface area contributed by atoms with Gasteiger partial charge in [0.05, 0.1) is 23.2 Å². The molecular weight excluding hydrogens is 258 g/mol. The van der Waals surface area contributed by atoms with Crippen molar-refractivity contribution in [3.05, 3.63) is 35.4 Å². The summed E-state index contributed by atoms with van der Waals surface area (Å²) in [4.78, 5) is 24.5. The van der Waals surface area contributed by atoms with E-state index in [9.17, 15) is 9.59 Å². The van der Waals surface area contributed by atoms with Crippen LogP contribution in [0.4, 0.5) is 4.79 Å². The first-order chi connectivity index (χ1) is 9.61. The van der Waals surface area contributed by atoms with Crippen LogP contribution in [0.15, 0.2) is 24.3 Å². The number of benzene rings is 1. The lowest BCUT2D eigenvalue weighted by atomic mass is 10.1. The molecule has 0 radical (unpaired) electrons. The average molecular weight is 273 g/mol. The fraction of sp³-hybridized carbons (Fsp3) is 0.357. The summed E-state index contributed by atoms with van der Waals surface area (Å²) in [5.74, 6) is -0.467. The number of hydrogen-bond acceptors (Lipinski definition) is 4. The van der Waals surface area contributed by atoms with Gasteiger partial charge in [0.15, 0.2) is 0 Å². The lowest BCUT2D eigenvalue weighted by molar-refractivity contribution is 0.0422. The van der Waals surface area contributed by atoms with Crippen LogP contribution >= 0.6 is 0 Å². The molecule has 1 aliphatic heterocycles. The van der Waals surface area contributed by atoms with Gasteiger partial charge in [0.25, 0.3) is 0 Å². The number of ether oxygens (including phenoxy) is 1. The van der Waals surface area contributed by atoms with Gasteiger partial charge in [-0.05, 0) is 37.1 Å². The Morgan fingerprint density at radius 2 is 2.10 bits per heavy atom. The van der Waals surface area contributed by atoms with Crippen LogP contribution in [0.5, 0.6) is 0 Å². The van der Waals surface area contributed by atoms with Crippen LogP contribution in [0.3, 0.4) is 0 Å². The molecule has 0 aliphatic carbocycles. The molecule has 0 saturated carbocycles. The third-order valence-corrected chi connectivity index (χ3v) is 3.32. The van der Waals surface area contributed by atoms with Crippen molar-refractivity contribution >= 4 is 12.0 Å². The molecule has 0 aromatic heterocycles. The quantitative estimate of drug-likeness (QED) is 0.838. The molecule has 6 nitrogen and oxygen atoms in total. The number of primary amides is 1. The lowest BCUT2D eigenvalue weighted by Gasteiger charge is -2.22. The minimum Gasteiger partial charge on any atom is -0.460 e. The van der Waals surface area contributed by atoms with Gasteiger partial charge in [-0.3, -0.25) is 0 Å². The van der Waals surface area contributed by atoms with E-state index in [1.165, 1.54) is 4.90 Å². The van der Waals surface area contributed by atoms with Crippen LogP contribution in [-0.4, -0.2) is 36.1 Å². The monoisotopic (exact) mass is 273 g/mol. The molecule has 1 fully saturated rings. The third-order valence-electron chi connectivity index (χ3n) is 3.32. The molecule has 0 spiro atoms. The van der Waals surface area contributed by atoms with Gasteiger partial charge in [0, 0.05) is 6.54 Å². The van der Waals surface area contributed by atoms with Crippen molar-refractivity contribution < 1.29 is 14.3 Å². The van der Waals surface area contributed by atoms with Crippen molar-refractivity contribution in [2.24, 2.45) is 5.73 Å². The molecule has 1 aliphatic rings. The molecule has 0 bridgehead atoms. The van der Waals surface area contributed by atoms with E-state index in [0.29, 0.717) is 17.7 Å². The molecule has 2 rings (SSSR count). The number of esters is 1. The van der Waals surface area contributed by atoms with Gasteiger partial charge in [0.2, 0.25) is 0 Å². The zero-order valence-corrected chi connectivity index (χ0v) is 10.9. The molecule has 2 N–H and O–H groups in total. The predicted octanol–water partition coefficient (Wildman–Crippen LogP) is 1.26. The van der Waals surface area contributed by atoms with Gasteiger partial charge in [-0.25, -0.2) is 9.59 Å². The molecular formula is C14H15N3O3. The molecule has 2 amide bonds. The van der Waals surface area contributed by atoms with Crippen LogP contribution in [0.25, 0.3) is 0 Å². The normalized spacial score (nSPS) is 17.6. The van der Waals surface area contributed by atoms with Crippen molar-refractivity contribution in [1.82, 2.24) is 4.90 Å². The number of amides is 2. The zero-order chi connectivity index (χ0) is 14.5. The maximum absolute atomic E-state index is 11.8. The number of urea groups is 1. The Labute approximate surface area is 116 Å². The van der Waals surface area contributed by atoms with Crippen molar-refractivity contribution in [1.29, 1.82) is 5.26 Å². The summed E-state index contributed by atoms with van der Waals surface area (Å²) >= 11 is 0. The molecule has 104 valence electrons. The topological polar surface area (TPSA) is 96.4 Å². The molecule has 1 aromatic rings. The van der Waals surface area contributed by atoms with Gasteiger partial charge in [-0.15, -0.1) is 0 Å². The minimum atomic E-state index is -0.484. The highest BCUT2D eigenvalue weighted by molar-refractivity contribution is 5.89. The molecule has 1 aromatic carbocycles. The van der Waals surface area contributed by atoms with Crippen molar-refractivity contribution in [2.45, 2.75) is 18.9 Å². The molecule has 20 heavy (non-hydrogen) atoms. The number of carbonyl (C=O) groups is 2. The van der Waals surface area contributed by atoms with E-state index in [0.717, 1.165) is 12.8 Å². The fourth-order valence-electron chi connectivity index (χ4n) is 2.24. The van der Waals surface area contributed by atoms with Gasteiger partial charge in [-0.2, -0.15) is 5.26 Å². The van der Waals surface area contributed by atoms with E-state index in [1.807, 2.05) is 6.07 Å². The summed E-state index contributed by atoms with van der Waals surface area (Å²) in [5, 5.41) is 8.68. The zero-order valence-electron chi connectivity index (χ0n) is 10.9. The SMILES string of the molecule is N#Cc1ccc(C(=O)OCC2CCCN2C(N)=O)cc1. The first kappa shape index (κ1) is 13.9. The number of nitrogens with two attached hydrogens (primary N) is 1. The van der Waals surface area contributed by atoms with Gasteiger partial charge < -0.3 is 15.4 Å². The molecule has 1 unspecified atom stereocenters. The summed E-state index contributed by atoms with van der Waals surface area (Å²) in [6, 6.07) is 7.55. The minimum absolute atomic E-state index is 0.141. The van der Waals surface area contributed by atoms with Crippen molar-refractivity contribution in [2.75, 3.05) is 13.2 Å². The highest BCUT2D eigenvalue weighted by atomic mass is 16.5. The average Bonchev–Trinajstić information content (AvgIpc) is 2.93. The van der Waals surface area contributed by atoms with Crippen molar-refractivity contribution in [3.63, 3.8) is 0 Å². The van der Waals surface area contributed by atoms with Crippen LogP contribution in [-0.2, 0) is 4.74 Å². The molecule has 6 heteroatoms. The summed E-state index contributed by atoms with van der Waals surface area (Å²) < 4.78 is 5.19. The van der Waals surface area contributed by atoms with E-state index in [1.54, 1.807) is 24.3 Å². The fourth-order valence-corrected chi connectivity index (χ4v) is 2.24. The van der Waals surface area contributed by atoms with Crippen LogP contribution in [0.2, 0.25) is 0 Å². The highest BCUT2D eigenvalue weighted by Gasteiger charge is 2.28. The van der Waals surface area contributed by atoms with Crippen LogP contribution in [0, 0.1) is 11.3 Å².